The van der Waals surface area contributed by atoms with Gasteiger partial charge in [0.05, 0.1) is 19.9 Å². The van der Waals surface area contributed by atoms with Gasteiger partial charge in [-0.3, -0.25) is 0 Å². The van der Waals surface area contributed by atoms with E-state index in [9.17, 15) is 0 Å². The van der Waals surface area contributed by atoms with Crippen molar-refractivity contribution in [3.63, 3.8) is 0 Å². The van der Waals surface area contributed by atoms with E-state index in [2.05, 4.69) is 22.5 Å². The van der Waals surface area contributed by atoms with Crippen LogP contribution in [0.1, 0.15) is 13.3 Å². The van der Waals surface area contributed by atoms with Gasteiger partial charge in [0, 0.05) is 12.6 Å². The fourth-order valence-corrected chi connectivity index (χ4v) is 1.91. The van der Waals surface area contributed by atoms with Crippen LogP contribution in [0.4, 0.5) is 17.3 Å². The smallest absolute Gasteiger partial charge is 0.142 e. The van der Waals surface area contributed by atoms with Crippen LogP contribution in [-0.2, 0) is 0 Å². The summed E-state index contributed by atoms with van der Waals surface area (Å²) < 4.78 is 10.6. The molecule has 0 fully saturated rings. The number of hydrogen-bond donors (Lipinski definition) is 2. The number of pyridine rings is 1. The standard InChI is InChI=1S/C16H21N3O2/c1-4-10-17-15-6-5-7-16(19-15)18-13-11-12(20-2)8-9-14(13)21-3/h5-9,11H,4,10H2,1-3H3,(H2,17,18,19). The Bertz CT molecular complexity index is 587. The molecule has 21 heavy (non-hydrogen) atoms. The number of methoxy groups -OCH3 is 2. The third kappa shape index (κ3) is 4.02. The maximum absolute atomic E-state index is 5.35. The van der Waals surface area contributed by atoms with E-state index in [-0.39, 0.29) is 0 Å². The third-order valence-electron chi connectivity index (χ3n) is 2.97. The highest BCUT2D eigenvalue weighted by Gasteiger charge is 2.06. The highest BCUT2D eigenvalue weighted by molar-refractivity contribution is 5.67. The van der Waals surface area contributed by atoms with E-state index in [0.29, 0.717) is 0 Å². The minimum atomic E-state index is 0.740. The fourth-order valence-electron chi connectivity index (χ4n) is 1.91. The van der Waals surface area contributed by atoms with E-state index in [1.165, 1.54) is 0 Å². The topological polar surface area (TPSA) is 55.4 Å². The lowest BCUT2D eigenvalue weighted by molar-refractivity contribution is 0.405. The van der Waals surface area contributed by atoms with Crippen LogP contribution < -0.4 is 20.1 Å². The van der Waals surface area contributed by atoms with Crippen molar-refractivity contribution in [3.05, 3.63) is 36.4 Å². The second kappa shape index (κ2) is 7.38. The molecular weight excluding hydrogens is 266 g/mol. The molecule has 5 nitrogen and oxygen atoms in total. The Balaban J connectivity index is 2.20. The van der Waals surface area contributed by atoms with Crippen molar-refractivity contribution in [1.82, 2.24) is 4.98 Å². The first-order valence-electron chi connectivity index (χ1n) is 6.96. The Morgan fingerprint density at radius 3 is 2.57 bits per heavy atom. The first kappa shape index (κ1) is 15.0. The summed E-state index contributed by atoms with van der Waals surface area (Å²) >= 11 is 0. The molecule has 0 aliphatic carbocycles. The summed E-state index contributed by atoms with van der Waals surface area (Å²) in [6, 6.07) is 11.4. The molecule has 1 heterocycles. The van der Waals surface area contributed by atoms with E-state index < -0.39 is 0 Å². The number of nitrogens with one attached hydrogen (secondary N) is 2. The molecule has 1 aromatic carbocycles. The first-order chi connectivity index (χ1) is 10.3. The van der Waals surface area contributed by atoms with Gasteiger partial charge >= 0.3 is 0 Å². The van der Waals surface area contributed by atoms with E-state index in [4.69, 9.17) is 9.47 Å². The predicted octanol–water partition coefficient (Wildman–Crippen LogP) is 3.66. The van der Waals surface area contributed by atoms with Gasteiger partial charge in [0.2, 0.25) is 0 Å². The molecule has 2 rings (SSSR count). The van der Waals surface area contributed by atoms with Crippen molar-refractivity contribution in [2.75, 3.05) is 31.4 Å². The molecule has 0 saturated heterocycles. The number of nitrogens with zero attached hydrogens (tertiary/aromatic N) is 1. The lowest BCUT2D eigenvalue weighted by Crippen LogP contribution is -2.03. The zero-order valence-electron chi connectivity index (χ0n) is 12.6. The van der Waals surface area contributed by atoms with Gasteiger partial charge in [0.25, 0.3) is 0 Å². The van der Waals surface area contributed by atoms with Crippen LogP contribution in [0.3, 0.4) is 0 Å². The van der Waals surface area contributed by atoms with Crippen molar-refractivity contribution < 1.29 is 9.47 Å². The molecule has 0 aliphatic rings. The summed E-state index contributed by atoms with van der Waals surface area (Å²) in [7, 11) is 3.28. The molecule has 5 heteroatoms. The van der Waals surface area contributed by atoms with Gasteiger partial charge < -0.3 is 20.1 Å². The first-order valence-corrected chi connectivity index (χ1v) is 6.96. The number of aromatic nitrogens is 1. The van der Waals surface area contributed by atoms with Crippen LogP contribution in [0, 0.1) is 0 Å². The Hall–Kier alpha value is -2.43. The van der Waals surface area contributed by atoms with E-state index in [0.717, 1.165) is 41.8 Å². The van der Waals surface area contributed by atoms with Crippen LogP contribution in [0.2, 0.25) is 0 Å². The van der Waals surface area contributed by atoms with Gasteiger partial charge in [-0.05, 0) is 30.7 Å². The Kier molecular flexibility index (Phi) is 5.26. The molecule has 2 N–H and O–H groups in total. The molecule has 0 amide bonds. The second-order valence-corrected chi connectivity index (χ2v) is 4.53. The van der Waals surface area contributed by atoms with Crippen molar-refractivity contribution in [2.45, 2.75) is 13.3 Å². The lowest BCUT2D eigenvalue weighted by atomic mass is 10.2. The average Bonchev–Trinajstić information content (AvgIpc) is 2.53. The SMILES string of the molecule is CCCNc1cccc(Nc2cc(OC)ccc2OC)n1. The van der Waals surface area contributed by atoms with Gasteiger partial charge in [-0.25, -0.2) is 4.98 Å². The lowest BCUT2D eigenvalue weighted by Gasteiger charge is -2.13. The largest absolute Gasteiger partial charge is 0.497 e. The van der Waals surface area contributed by atoms with Crippen molar-refractivity contribution in [1.29, 1.82) is 0 Å². The summed E-state index contributed by atoms with van der Waals surface area (Å²) in [6.07, 6.45) is 1.06. The maximum atomic E-state index is 5.35. The van der Waals surface area contributed by atoms with E-state index in [1.807, 2.05) is 36.4 Å². The summed E-state index contributed by atoms with van der Waals surface area (Å²) in [5.74, 6) is 3.11. The third-order valence-corrected chi connectivity index (χ3v) is 2.97. The van der Waals surface area contributed by atoms with Gasteiger partial charge in [-0.2, -0.15) is 0 Å². The van der Waals surface area contributed by atoms with Gasteiger partial charge in [0.1, 0.15) is 23.1 Å². The monoisotopic (exact) mass is 287 g/mol. The highest BCUT2D eigenvalue weighted by Crippen LogP contribution is 2.31. The predicted molar refractivity (Wildman–Crippen MR) is 85.8 cm³/mol. The zero-order valence-corrected chi connectivity index (χ0v) is 12.6. The summed E-state index contributed by atoms with van der Waals surface area (Å²) in [4.78, 5) is 4.52. The molecule has 2 aromatic rings. The molecule has 0 radical (unpaired) electrons. The quantitative estimate of drug-likeness (QED) is 0.814. The molecule has 0 saturated carbocycles. The van der Waals surface area contributed by atoms with Gasteiger partial charge in [-0.15, -0.1) is 0 Å². The number of ether oxygens (including phenoxy) is 2. The molecule has 112 valence electrons. The molecule has 0 atom stereocenters. The second-order valence-electron chi connectivity index (χ2n) is 4.53. The molecule has 0 bridgehead atoms. The van der Waals surface area contributed by atoms with Crippen LogP contribution in [0.5, 0.6) is 11.5 Å². The maximum Gasteiger partial charge on any atom is 0.142 e. The highest BCUT2D eigenvalue weighted by atomic mass is 16.5. The van der Waals surface area contributed by atoms with E-state index in [1.54, 1.807) is 14.2 Å². The minimum Gasteiger partial charge on any atom is -0.497 e. The van der Waals surface area contributed by atoms with Crippen LogP contribution in [0.15, 0.2) is 36.4 Å². The Labute approximate surface area is 125 Å². The van der Waals surface area contributed by atoms with Crippen LogP contribution in [-0.4, -0.2) is 25.7 Å². The van der Waals surface area contributed by atoms with Crippen LogP contribution >= 0.6 is 0 Å². The molecule has 1 aromatic heterocycles. The van der Waals surface area contributed by atoms with Crippen LogP contribution in [0.25, 0.3) is 0 Å². The van der Waals surface area contributed by atoms with Crippen molar-refractivity contribution in [2.24, 2.45) is 0 Å². The molecular formula is C16H21N3O2. The Morgan fingerprint density at radius 2 is 1.86 bits per heavy atom. The summed E-state index contributed by atoms with van der Waals surface area (Å²) in [5, 5.41) is 6.52. The fraction of sp³-hybridized carbons (Fsp3) is 0.312. The molecule has 0 spiro atoms. The number of rotatable bonds is 7. The summed E-state index contributed by atoms with van der Waals surface area (Å²) in [6.45, 7) is 3.02. The average molecular weight is 287 g/mol. The number of benzene rings is 1. The normalized spacial score (nSPS) is 10.0. The zero-order chi connectivity index (χ0) is 15.1. The van der Waals surface area contributed by atoms with Crippen molar-refractivity contribution >= 4 is 17.3 Å². The number of anilines is 3. The van der Waals surface area contributed by atoms with Gasteiger partial charge in [-0.1, -0.05) is 13.0 Å². The number of hydrogen-bond acceptors (Lipinski definition) is 5. The Morgan fingerprint density at radius 1 is 1.05 bits per heavy atom. The summed E-state index contributed by atoms with van der Waals surface area (Å²) in [5.41, 5.74) is 0.817. The van der Waals surface area contributed by atoms with Crippen molar-refractivity contribution in [3.8, 4) is 11.5 Å². The van der Waals surface area contributed by atoms with E-state index >= 15 is 0 Å². The van der Waals surface area contributed by atoms with Gasteiger partial charge in [0.15, 0.2) is 0 Å². The molecule has 0 unspecified atom stereocenters. The minimum absolute atomic E-state index is 0.740. The molecule has 0 aliphatic heterocycles.